The fourth-order valence-electron chi connectivity index (χ4n) is 4.30. The molecule has 168 valence electrons. The number of hydrogen-bond acceptors (Lipinski definition) is 5. The summed E-state index contributed by atoms with van der Waals surface area (Å²) in [4.78, 5) is 29.3. The molecule has 0 aliphatic carbocycles. The minimum Gasteiger partial charge on any atom is -0.494 e. The van der Waals surface area contributed by atoms with E-state index in [1.54, 1.807) is 6.33 Å². The van der Waals surface area contributed by atoms with E-state index < -0.39 is 0 Å². The van der Waals surface area contributed by atoms with Crippen LogP contribution in [0.3, 0.4) is 0 Å². The fourth-order valence-corrected chi connectivity index (χ4v) is 4.30. The van der Waals surface area contributed by atoms with E-state index >= 15 is 0 Å². The van der Waals surface area contributed by atoms with E-state index in [2.05, 4.69) is 25.9 Å². The van der Waals surface area contributed by atoms with E-state index in [1.807, 2.05) is 66.6 Å². The Labute approximate surface area is 193 Å². The first kappa shape index (κ1) is 21.0. The Hall–Kier alpha value is -3.87. The molecule has 1 aliphatic heterocycles. The summed E-state index contributed by atoms with van der Waals surface area (Å²) in [5.74, 6) is 1.90. The molecule has 3 heterocycles. The third-order valence-electron chi connectivity index (χ3n) is 6.09. The Morgan fingerprint density at radius 3 is 2.61 bits per heavy atom. The maximum Gasteiger partial charge on any atom is 0.227 e. The number of carbonyl (C=O) groups excluding carboxylic acids is 1. The number of ether oxygens (including phenoxy) is 1. The van der Waals surface area contributed by atoms with E-state index in [4.69, 9.17) is 4.74 Å². The summed E-state index contributed by atoms with van der Waals surface area (Å²) in [5.41, 5.74) is 4.02. The Morgan fingerprint density at radius 2 is 1.82 bits per heavy atom. The van der Waals surface area contributed by atoms with Crippen molar-refractivity contribution in [2.45, 2.75) is 13.3 Å². The predicted molar refractivity (Wildman–Crippen MR) is 129 cm³/mol. The van der Waals surface area contributed by atoms with E-state index in [9.17, 15) is 4.79 Å². The number of rotatable bonds is 6. The molecule has 1 aliphatic rings. The van der Waals surface area contributed by atoms with Crippen LogP contribution in [0.15, 0.2) is 67.1 Å². The van der Waals surface area contributed by atoms with Gasteiger partial charge < -0.3 is 19.5 Å². The molecule has 33 heavy (non-hydrogen) atoms. The van der Waals surface area contributed by atoms with Gasteiger partial charge in [-0.15, -0.1) is 0 Å². The fraction of sp³-hybridized carbons (Fsp3) is 0.269. The molecule has 1 saturated heterocycles. The van der Waals surface area contributed by atoms with Gasteiger partial charge >= 0.3 is 0 Å². The molecule has 0 saturated carbocycles. The molecule has 1 amide bonds. The zero-order chi connectivity index (χ0) is 22.6. The summed E-state index contributed by atoms with van der Waals surface area (Å²) in [6.45, 7) is 5.49. The van der Waals surface area contributed by atoms with Gasteiger partial charge in [-0.25, -0.2) is 9.97 Å². The highest BCUT2D eigenvalue weighted by Gasteiger charge is 2.23. The summed E-state index contributed by atoms with van der Waals surface area (Å²) in [6.07, 6.45) is 3.97. The van der Waals surface area contributed by atoms with Gasteiger partial charge in [-0.05, 0) is 42.8 Å². The third kappa shape index (κ3) is 4.53. The lowest BCUT2D eigenvalue weighted by molar-refractivity contribution is -0.130. The van der Waals surface area contributed by atoms with Gasteiger partial charge in [-0.3, -0.25) is 4.79 Å². The third-order valence-corrected chi connectivity index (χ3v) is 6.09. The highest BCUT2D eigenvalue weighted by atomic mass is 16.5. The van der Waals surface area contributed by atoms with E-state index in [-0.39, 0.29) is 5.91 Å². The van der Waals surface area contributed by atoms with E-state index in [0.717, 1.165) is 52.4 Å². The van der Waals surface area contributed by atoms with Gasteiger partial charge in [0.05, 0.1) is 18.7 Å². The standard InChI is InChI=1S/C26H27N5O2/c1-2-33-21-9-7-19(8-10-21)24-16-25(29-18-28-24)30-11-13-31(14-12-30)26(32)15-20-17-27-23-6-4-3-5-22(20)23/h3-10,16-18,27H,2,11-15H2,1H3. The molecule has 4 aromatic rings. The lowest BCUT2D eigenvalue weighted by Crippen LogP contribution is -2.49. The van der Waals surface area contributed by atoms with Crippen molar-refractivity contribution in [3.63, 3.8) is 0 Å². The smallest absolute Gasteiger partial charge is 0.227 e. The van der Waals surface area contributed by atoms with Crippen LogP contribution in [0.1, 0.15) is 12.5 Å². The highest BCUT2D eigenvalue weighted by molar-refractivity contribution is 5.89. The molecule has 1 fully saturated rings. The van der Waals surface area contributed by atoms with Gasteiger partial charge in [0.2, 0.25) is 5.91 Å². The Balaban J connectivity index is 1.22. The maximum atomic E-state index is 12.9. The zero-order valence-electron chi connectivity index (χ0n) is 18.7. The average molecular weight is 442 g/mol. The molecular weight excluding hydrogens is 414 g/mol. The SMILES string of the molecule is CCOc1ccc(-c2cc(N3CCN(C(=O)Cc4c[nH]c5ccccc45)CC3)ncn2)cc1. The number of nitrogens with zero attached hydrogens (tertiary/aromatic N) is 4. The van der Waals surface area contributed by atoms with Crippen LogP contribution in [0.25, 0.3) is 22.2 Å². The van der Waals surface area contributed by atoms with Crippen molar-refractivity contribution in [1.82, 2.24) is 19.9 Å². The van der Waals surface area contributed by atoms with Crippen LogP contribution in [0, 0.1) is 0 Å². The minimum atomic E-state index is 0.164. The van der Waals surface area contributed by atoms with Gasteiger partial charge in [0, 0.05) is 54.9 Å². The van der Waals surface area contributed by atoms with Crippen LogP contribution in [0.2, 0.25) is 0 Å². The molecule has 5 rings (SSSR count). The first-order valence-corrected chi connectivity index (χ1v) is 11.3. The van der Waals surface area contributed by atoms with Crippen molar-refractivity contribution >= 4 is 22.6 Å². The maximum absolute atomic E-state index is 12.9. The number of H-pyrrole nitrogens is 1. The van der Waals surface area contributed by atoms with E-state index in [1.165, 1.54) is 0 Å². The van der Waals surface area contributed by atoms with Crippen molar-refractivity contribution in [2.75, 3.05) is 37.7 Å². The predicted octanol–water partition coefficient (Wildman–Crippen LogP) is 3.91. The number of aromatic amines is 1. The molecule has 0 unspecified atom stereocenters. The quantitative estimate of drug-likeness (QED) is 0.491. The molecule has 2 aromatic carbocycles. The van der Waals surface area contributed by atoms with Crippen LogP contribution in [-0.2, 0) is 11.2 Å². The lowest BCUT2D eigenvalue weighted by atomic mass is 10.1. The second kappa shape index (κ2) is 9.32. The summed E-state index contributed by atoms with van der Waals surface area (Å²) in [6, 6.07) is 18.0. The van der Waals surface area contributed by atoms with Crippen molar-refractivity contribution in [1.29, 1.82) is 0 Å². The molecule has 0 spiro atoms. The molecule has 1 N–H and O–H groups in total. The van der Waals surface area contributed by atoms with Gasteiger partial charge in [-0.1, -0.05) is 18.2 Å². The number of nitrogens with one attached hydrogen (secondary N) is 1. The first-order chi connectivity index (χ1) is 16.2. The number of hydrogen-bond donors (Lipinski definition) is 1. The molecule has 2 aromatic heterocycles. The number of aromatic nitrogens is 3. The van der Waals surface area contributed by atoms with Crippen LogP contribution >= 0.6 is 0 Å². The number of fused-ring (bicyclic) bond motifs is 1. The molecule has 0 atom stereocenters. The van der Waals surface area contributed by atoms with Crippen LogP contribution in [-0.4, -0.2) is 58.5 Å². The molecular formula is C26H27N5O2. The zero-order valence-corrected chi connectivity index (χ0v) is 18.7. The van der Waals surface area contributed by atoms with Crippen LogP contribution in [0.5, 0.6) is 5.75 Å². The van der Waals surface area contributed by atoms with Crippen molar-refractivity contribution in [2.24, 2.45) is 0 Å². The molecule has 7 nitrogen and oxygen atoms in total. The first-order valence-electron chi connectivity index (χ1n) is 11.3. The number of piperazine rings is 1. The molecule has 0 bridgehead atoms. The Morgan fingerprint density at radius 1 is 1.03 bits per heavy atom. The van der Waals surface area contributed by atoms with Gasteiger partial charge in [0.15, 0.2) is 0 Å². The van der Waals surface area contributed by atoms with Crippen molar-refractivity contribution in [3.05, 3.63) is 72.7 Å². The lowest BCUT2D eigenvalue weighted by Gasteiger charge is -2.35. The number of benzene rings is 2. The van der Waals surface area contributed by atoms with Gasteiger partial charge in [0.25, 0.3) is 0 Å². The molecule has 0 radical (unpaired) electrons. The summed E-state index contributed by atoms with van der Waals surface area (Å²) in [7, 11) is 0. The van der Waals surface area contributed by atoms with Crippen LogP contribution < -0.4 is 9.64 Å². The van der Waals surface area contributed by atoms with Crippen LogP contribution in [0.4, 0.5) is 5.82 Å². The Bertz CT molecular complexity index is 1240. The van der Waals surface area contributed by atoms with E-state index in [0.29, 0.717) is 26.1 Å². The summed E-state index contributed by atoms with van der Waals surface area (Å²) < 4.78 is 5.52. The number of amides is 1. The second-order valence-corrected chi connectivity index (χ2v) is 8.12. The van der Waals surface area contributed by atoms with Gasteiger partial charge in [-0.2, -0.15) is 0 Å². The van der Waals surface area contributed by atoms with Crippen molar-refractivity contribution < 1.29 is 9.53 Å². The second-order valence-electron chi connectivity index (χ2n) is 8.12. The largest absolute Gasteiger partial charge is 0.494 e. The Kier molecular flexibility index (Phi) is 5.93. The minimum absolute atomic E-state index is 0.164. The average Bonchev–Trinajstić information content (AvgIpc) is 3.28. The summed E-state index contributed by atoms with van der Waals surface area (Å²) >= 11 is 0. The topological polar surface area (TPSA) is 74.3 Å². The molecule has 7 heteroatoms. The van der Waals surface area contributed by atoms with Gasteiger partial charge in [0.1, 0.15) is 17.9 Å². The monoisotopic (exact) mass is 441 g/mol. The summed E-state index contributed by atoms with van der Waals surface area (Å²) in [5, 5.41) is 1.12. The number of para-hydroxylation sites is 1. The number of anilines is 1. The number of carbonyl (C=O) groups is 1. The highest BCUT2D eigenvalue weighted by Crippen LogP contribution is 2.24. The normalized spacial score (nSPS) is 14.0. The van der Waals surface area contributed by atoms with Crippen molar-refractivity contribution in [3.8, 4) is 17.0 Å².